The van der Waals surface area contributed by atoms with Crippen LogP contribution in [0.5, 0.6) is 5.75 Å². The Labute approximate surface area is 116 Å². The highest BCUT2D eigenvalue weighted by atomic mass is 35.5. The molecule has 1 amide bonds. The monoisotopic (exact) mass is 291 g/mol. The van der Waals surface area contributed by atoms with Crippen LogP contribution in [-0.4, -0.2) is 42.2 Å². The van der Waals surface area contributed by atoms with Gasteiger partial charge in [-0.2, -0.15) is 0 Å². The predicted octanol–water partition coefficient (Wildman–Crippen LogP) is 2.21. The summed E-state index contributed by atoms with van der Waals surface area (Å²) in [6.07, 6.45) is 0. The number of rotatable bonds is 5. The van der Waals surface area contributed by atoms with Crippen LogP contribution in [0.3, 0.4) is 0 Å². The van der Waals surface area contributed by atoms with Crippen molar-refractivity contribution < 1.29 is 14.6 Å². The minimum atomic E-state index is -0.241. The van der Waals surface area contributed by atoms with E-state index in [1.165, 1.54) is 4.90 Å². The number of likely N-dealkylation sites (N-methyl/N-ethyl adjacent to an activating group) is 1. The molecule has 0 aliphatic rings. The maximum Gasteiger partial charge on any atom is 0.260 e. The zero-order valence-corrected chi connectivity index (χ0v) is 11.7. The van der Waals surface area contributed by atoms with Crippen molar-refractivity contribution >= 4 is 29.1 Å². The van der Waals surface area contributed by atoms with Gasteiger partial charge in [-0.3, -0.25) is 4.79 Å². The molecule has 1 atom stereocenters. The van der Waals surface area contributed by atoms with Crippen LogP contribution in [0, 0.1) is 0 Å². The average molecular weight is 292 g/mol. The summed E-state index contributed by atoms with van der Waals surface area (Å²) in [4.78, 5) is 13.1. The van der Waals surface area contributed by atoms with Gasteiger partial charge in [-0.1, -0.05) is 23.2 Å². The van der Waals surface area contributed by atoms with Gasteiger partial charge in [0, 0.05) is 13.1 Å². The van der Waals surface area contributed by atoms with Crippen LogP contribution in [0.2, 0.25) is 10.0 Å². The van der Waals surface area contributed by atoms with Gasteiger partial charge in [0.1, 0.15) is 5.75 Å². The highest BCUT2D eigenvalue weighted by Gasteiger charge is 2.15. The van der Waals surface area contributed by atoms with Crippen LogP contribution in [0.25, 0.3) is 0 Å². The first-order valence-electron chi connectivity index (χ1n) is 5.40. The first kappa shape index (κ1) is 15.1. The second-order valence-corrected chi connectivity index (χ2v) is 4.72. The van der Waals surface area contributed by atoms with Gasteiger partial charge in [0.25, 0.3) is 5.91 Å². The number of hydrogen-bond donors (Lipinski definition) is 1. The van der Waals surface area contributed by atoms with Gasteiger partial charge in [0.2, 0.25) is 0 Å². The summed E-state index contributed by atoms with van der Waals surface area (Å²) in [7, 11) is 1.61. The first-order chi connectivity index (χ1) is 8.45. The number of carbonyl (C=O) groups excluding carboxylic acids is 1. The summed E-state index contributed by atoms with van der Waals surface area (Å²) in [5, 5.41) is 9.75. The van der Waals surface area contributed by atoms with E-state index in [1.807, 2.05) is 0 Å². The molecular formula is C12H15Cl2NO3. The van der Waals surface area contributed by atoms with E-state index in [0.29, 0.717) is 15.8 Å². The second-order valence-electron chi connectivity index (χ2n) is 3.90. The largest absolute Gasteiger partial charge is 0.484 e. The molecule has 0 heterocycles. The zero-order chi connectivity index (χ0) is 13.7. The van der Waals surface area contributed by atoms with Gasteiger partial charge in [0.15, 0.2) is 6.61 Å². The third-order valence-electron chi connectivity index (χ3n) is 2.57. The number of aliphatic hydroxyl groups excluding tert-OH is 1. The van der Waals surface area contributed by atoms with Crippen LogP contribution < -0.4 is 4.74 Å². The van der Waals surface area contributed by atoms with Crippen molar-refractivity contribution in [3.63, 3.8) is 0 Å². The maximum absolute atomic E-state index is 11.7. The Balaban J connectivity index is 2.54. The number of carbonyl (C=O) groups is 1. The fourth-order valence-electron chi connectivity index (χ4n) is 1.18. The van der Waals surface area contributed by atoms with E-state index in [-0.39, 0.29) is 25.2 Å². The van der Waals surface area contributed by atoms with Crippen LogP contribution >= 0.6 is 23.2 Å². The molecule has 1 rings (SSSR count). The molecule has 6 heteroatoms. The Morgan fingerprint density at radius 2 is 2.11 bits per heavy atom. The number of aliphatic hydroxyl groups is 1. The van der Waals surface area contributed by atoms with Crippen LogP contribution in [0.15, 0.2) is 18.2 Å². The lowest BCUT2D eigenvalue weighted by molar-refractivity contribution is -0.134. The van der Waals surface area contributed by atoms with Gasteiger partial charge in [-0.25, -0.2) is 0 Å². The second kappa shape index (κ2) is 6.83. The Bertz CT molecular complexity index is 426. The minimum Gasteiger partial charge on any atom is -0.484 e. The van der Waals surface area contributed by atoms with Gasteiger partial charge in [-0.05, 0) is 19.1 Å². The van der Waals surface area contributed by atoms with E-state index < -0.39 is 0 Å². The van der Waals surface area contributed by atoms with Gasteiger partial charge in [-0.15, -0.1) is 0 Å². The fraction of sp³-hybridized carbons (Fsp3) is 0.417. The number of nitrogens with zero attached hydrogens (tertiary/aromatic N) is 1. The van der Waals surface area contributed by atoms with E-state index in [2.05, 4.69) is 0 Å². The van der Waals surface area contributed by atoms with Gasteiger partial charge >= 0.3 is 0 Å². The normalized spacial score (nSPS) is 12.1. The summed E-state index contributed by atoms with van der Waals surface area (Å²) in [5.74, 6) is 0.255. The number of hydrogen-bond acceptors (Lipinski definition) is 3. The van der Waals surface area contributed by atoms with E-state index >= 15 is 0 Å². The lowest BCUT2D eigenvalue weighted by atomic mass is 10.3. The van der Waals surface area contributed by atoms with Gasteiger partial charge < -0.3 is 14.7 Å². The Morgan fingerprint density at radius 1 is 1.44 bits per heavy atom. The smallest absolute Gasteiger partial charge is 0.260 e. The molecule has 1 aromatic rings. The first-order valence-corrected chi connectivity index (χ1v) is 6.15. The Hall–Kier alpha value is -0.970. The van der Waals surface area contributed by atoms with E-state index in [4.69, 9.17) is 33.0 Å². The highest BCUT2D eigenvalue weighted by Crippen LogP contribution is 2.26. The summed E-state index contributed by atoms with van der Waals surface area (Å²) in [5.41, 5.74) is 0. The molecular weight excluding hydrogens is 277 g/mol. The molecule has 0 saturated heterocycles. The summed E-state index contributed by atoms with van der Waals surface area (Å²) < 4.78 is 5.30. The lowest BCUT2D eigenvalue weighted by Gasteiger charge is -2.23. The molecule has 4 nitrogen and oxygen atoms in total. The van der Waals surface area contributed by atoms with Crippen molar-refractivity contribution in [2.75, 3.05) is 20.3 Å². The quantitative estimate of drug-likeness (QED) is 0.905. The summed E-state index contributed by atoms with van der Waals surface area (Å²) in [6, 6.07) is 4.54. The van der Waals surface area contributed by atoms with E-state index in [1.54, 1.807) is 32.2 Å². The molecule has 0 aliphatic heterocycles. The standard InChI is InChI=1S/C12H15Cl2NO3/c1-8(6-16)15(2)12(17)7-18-9-3-4-10(13)11(14)5-9/h3-5,8,16H,6-7H2,1-2H3. The molecule has 0 saturated carbocycles. The molecule has 0 fully saturated rings. The fourth-order valence-corrected chi connectivity index (χ4v) is 1.47. The molecule has 0 aliphatic carbocycles. The molecule has 0 aromatic heterocycles. The highest BCUT2D eigenvalue weighted by molar-refractivity contribution is 6.42. The maximum atomic E-state index is 11.7. The topological polar surface area (TPSA) is 49.8 Å². The molecule has 1 unspecified atom stereocenters. The van der Waals surface area contributed by atoms with Crippen molar-refractivity contribution in [3.8, 4) is 5.75 Å². The summed E-state index contributed by atoms with van der Waals surface area (Å²) >= 11 is 11.6. The molecule has 0 radical (unpaired) electrons. The molecule has 1 aromatic carbocycles. The van der Waals surface area contributed by atoms with E-state index in [9.17, 15) is 4.79 Å². The van der Waals surface area contributed by atoms with Crippen LogP contribution in [-0.2, 0) is 4.79 Å². The Kier molecular flexibility index (Phi) is 5.72. The van der Waals surface area contributed by atoms with Crippen molar-refractivity contribution in [1.82, 2.24) is 4.90 Å². The molecule has 100 valence electrons. The van der Waals surface area contributed by atoms with Crippen LogP contribution in [0.1, 0.15) is 6.92 Å². The molecule has 0 spiro atoms. The van der Waals surface area contributed by atoms with Crippen molar-refractivity contribution in [1.29, 1.82) is 0 Å². The van der Waals surface area contributed by atoms with Crippen molar-refractivity contribution in [2.24, 2.45) is 0 Å². The number of halogens is 2. The number of amides is 1. The molecule has 1 N–H and O–H groups in total. The van der Waals surface area contributed by atoms with Crippen molar-refractivity contribution in [3.05, 3.63) is 28.2 Å². The lowest BCUT2D eigenvalue weighted by Crippen LogP contribution is -2.40. The summed E-state index contributed by atoms with van der Waals surface area (Å²) in [6.45, 7) is 1.55. The minimum absolute atomic E-state index is 0.0883. The molecule has 18 heavy (non-hydrogen) atoms. The van der Waals surface area contributed by atoms with Crippen molar-refractivity contribution in [2.45, 2.75) is 13.0 Å². The number of ether oxygens (including phenoxy) is 1. The third kappa shape index (κ3) is 4.05. The van der Waals surface area contributed by atoms with Gasteiger partial charge in [0.05, 0.1) is 22.7 Å². The zero-order valence-electron chi connectivity index (χ0n) is 10.2. The number of benzene rings is 1. The Morgan fingerprint density at radius 3 is 2.67 bits per heavy atom. The predicted molar refractivity (Wildman–Crippen MR) is 71.3 cm³/mol. The third-order valence-corrected chi connectivity index (χ3v) is 3.31. The molecule has 0 bridgehead atoms. The van der Waals surface area contributed by atoms with Crippen LogP contribution in [0.4, 0.5) is 0 Å². The average Bonchev–Trinajstić information content (AvgIpc) is 2.37. The van der Waals surface area contributed by atoms with E-state index in [0.717, 1.165) is 0 Å². The SMILES string of the molecule is CC(CO)N(C)C(=O)COc1ccc(Cl)c(Cl)c1.